The fraction of sp³-hybridized carbons (Fsp3) is 0.250. The van der Waals surface area contributed by atoms with Gasteiger partial charge in [-0.05, 0) is 13.0 Å². The van der Waals surface area contributed by atoms with Crippen molar-refractivity contribution in [2.24, 2.45) is 0 Å². The van der Waals surface area contributed by atoms with E-state index >= 15 is 0 Å². The molecule has 116 valence electrons. The monoisotopic (exact) mass is 310 g/mol. The molecular weight excluding hydrogens is 299 g/mol. The number of ether oxygens (including phenoxy) is 2. The van der Waals surface area contributed by atoms with Crippen molar-refractivity contribution in [2.45, 2.75) is 6.92 Å². The standard InChI is InChI=1S/C12H11FN4O5/c1-3-22-12(18)10-9(14-16-15-10)6-4-7(13)11(21-2)8(5-6)17(19)20/h4-5H,3H2,1-2H3,(H,14,15,16). The summed E-state index contributed by atoms with van der Waals surface area (Å²) >= 11 is 0. The highest BCUT2D eigenvalue weighted by atomic mass is 19.1. The highest BCUT2D eigenvalue weighted by Crippen LogP contribution is 2.35. The van der Waals surface area contributed by atoms with E-state index in [0.717, 1.165) is 19.2 Å². The average molecular weight is 310 g/mol. The number of hydrogen-bond donors (Lipinski definition) is 1. The minimum atomic E-state index is -0.954. The maximum atomic E-state index is 13.9. The summed E-state index contributed by atoms with van der Waals surface area (Å²) in [5.41, 5.74) is -0.832. The molecule has 1 heterocycles. The second-order valence-electron chi connectivity index (χ2n) is 4.01. The Morgan fingerprint density at radius 3 is 2.77 bits per heavy atom. The molecule has 0 saturated heterocycles. The Morgan fingerprint density at radius 1 is 1.45 bits per heavy atom. The van der Waals surface area contributed by atoms with Crippen molar-refractivity contribution in [3.63, 3.8) is 0 Å². The minimum Gasteiger partial charge on any atom is -0.488 e. The lowest BCUT2D eigenvalue weighted by Crippen LogP contribution is -2.07. The number of halogens is 1. The summed E-state index contributed by atoms with van der Waals surface area (Å²) in [6.07, 6.45) is 0. The molecule has 1 N–H and O–H groups in total. The van der Waals surface area contributed by atoms with Gasteiger partial charge in [-0.25, -0.2) is 9.18 Å². The molecule has 0 spiro atoms. The third-order valence-electron chi connectivity index (χ3n) is 2.71. The Bertz CT molecular complexity index is 730. The summed E-state index contributed by atoms with van der Waals surface area (Å²) in [4.78, 5) is 21.9. The SMILES string of the molecule is CCOC(=O)c1n[nH]nc1-c1cc(F)c(OC)c([N+](=O)[O-])c1. The zero-order valence-electron chi connectivity index (χ0n) is 11.6. The van der Waals surface area contributed by atoms with Crippen molar-refractivity contribution in [2.75, 3.05) is 13.7 Å². The van der Waals surface area contributed by atoms with Crippen molar-refractivity contribution in [3.8, 4) is 17.0 Å². The predicted molar refractivity (Wildman–Crippen MR) is 70.9 cm³/mol. The molecule has 0 aliphatic carbocycles. The number of carbonyl (C=O) groups is 1. The topological polar surface area (TPSA) is 120 Å². The first kappa shape index (κ1) is 15.4. The van der Waals surface area contributed by atoms with Gasteiger partial charge >= 0.3 is 11.7 Å². The van der Waals surface area contributed by atoms with Crippen molar-refractivity contribution < 1.29 is 23.6 Å². The van der Waals surface area contributed by atoms with Crippen LogP contribution >= 0.6 is 0 Å². The van der Waals surface area contributed by atoms with Crippen LogP contribution in [0.15, 0.2) is 12.1 Å². The van der Waals surface area contributed by atoms with Gasteiger partial charge in [0.1, 0.15) is 5.69 Å². The quantitative estimate of drug-likeness (QED) is 0.507. The van der Waals surface area contributed by atoms with E-state index in [2.05, 4.69) is 20.1 Å². The Hall–Kier alpha value is -3.04. The number of benzene rings is 1. The number of carbonyl (C=O) groups excluding carboxylic acids is 1. The highest BCUT2D eigenvalue weighted by Gasteiger charge is 2.25. The van der Waals surface area contributed by atoms with Crippen LogP contribution in [0.2, 0.25) is 0 Å². The number of aromatic nitrogens is 3. The molecular formula is C12H11FN4O5. The molecule has 0 radical (unpaired) electrons. The molecule has 0 amide bonds. The van der Waals surface area contributed by atoms with Gasteiger partial charge in [0, 0.05) is 11.6 Å². The van der Waals surface area contributed by atoms with E-state index in [9.17, 15) is 19.3 Å². The van der Waals surface area contributed by atoms with Crippen molar-refractivity contribution in [1.29, 1.82) is 0 Å². The number of esters is 1. The molecule has 0 unspecified atom stereocenters. The Kier molecular flexibility index (Phi) is 4.30. The lowest BCUT2D eigenvalue weighted by atomic mass is 10.1. The molecule has 0 bridgehead atoms. The zero-order chi connectivity index (χ0) is 16.3. The van der Waals surface area contributed by atoms with E-state index in [-0.39, 0.29) is 23.6 Å². The van der Waals surface area contributed by atoms with E-state index in [4.69, 9.17) is 4.74 Å². The van der Waals surface area contributed by atoms with Crippen LogP contribution in [0.25, 0.3) is 11.3 Å². The molecule has 2 aromatic rings. The smallest absolute Gasteiger partial charge is 0.361 e. The zero-order valence-corrected chi connectivity index (χ0v) is 11.6. The number of aromatic amines is 1. The summed E-state index contributed by atoms with van der Waals surface area (Å²) in [6, 6.07) is 2.01. The van der Waals surface area contributed by atoms with Crippen LogP contribution in [0, 0.1) is 15.9 Å². The molecule has 1 aromatic carbocycles. The molecule has 0 saturated carbocycles. The number of nitrogens with zero attached hydrogens (tertiary/aromatic N) is 3. The van der Waals surface area contributed by atoms with Crippen molar-refractivity contribution in [1.82, 2.24) is 15.4 Å². The predicted octanol–water partition coefficient (Wildman–Crippen LogP) is 1.70. The molecule has 2 rings (SSSR count). The fourth-order valence-electron chi connectivity index (χ4n) is 1.83. The van der Waals surface area contributed by atoms with Gasteiger partial charge in [-0.1, -0.05) is 0 Å². The highest BCUT2D eigenvalue weighted by molar-refractivity contribution is 5.94. The number of H-pyrrole nitrogens is 1. The molecule has 0 aliphatic rings. The minimum absolute atomic E-state index is 0.00167. The first-order valence-electron chi connectivity index (χ1n) is 6.09. The second kappa shape index (κ2) is 6.16. The molecule has 9 nitrogen and oxygen atoms in total. The summed E-state index contributed by atoms with van der Waals surface area (Å²) in [6.45, 7) is 1.72. The van der Waals surface area contributed by atoms with Crippen LogP contribution in [0.1, 0.15) is 17.4 Å². The molecule has 10 heteroatoms. The molecule has 22 heavy (non-hydrogen) atoms. The van der Waals surface area contributed by atoms with Crippen LogP contribution in [-0.4, -0.2) is 40.0 Å². The van der Waals surface area contributed by atoms with Gasteiger partial charge < -0.3 is 9.47 Å². The number of nitro groups is 1. The number of nitrogens with one attached hydrogen (secondary N) is 1. The van der Waals surface area contributed by atoms with Crippen molar-refractivity contribution >= 4 is 11.7 Å². The van der Waals surface area contributed by atoms with Gasteiger partial charge in [0.05, 0.1) is 18.6 Å². The largest absolute Gasteiger partial charge is 0.488 e. The molecule has 0 atom stereocenters. The lowest BCUT2D eigenvalue weighted by Gasteiger charge is -2.06. The normalized spacial score (nSPS) is 10.3. The number of nitro benzene ring substituents is 1. The van der Waals surface area contributed by atoms with Crippen LogP contribution in [0.3, 0.4) is 0 Å². The van der Waals surface area contributed by atoms with Crippen LogP contribution in [0.5, 0.6) is 5.75 Å². The Morgan fingerprint density at radius 2 is 2.18 bits per heavy atom. The van der Waals surface area contributed by atoms with Gasteiger partial charge in [-0.2, -0.15) is 10.3 Å². The summed E-state index contributed by atoms with van der Waals surface area (Å²) < 4.78 is 23.4. The Balaban J connectivity index is 2.57. The lowest BCUT2D eigenvalue weighted by molar-refractivity contribution is -0.385. The van der Waals surface area contributed by atoms with Crippen LogP contribution in [0.4, 0.5) is 10.1 Å². The van der Waals surface area contributed by atoms with Gasteiger partial charge in [0.2, 0.25) is 5.75 Å². The van der Waals surface area contributed by atoms with Crippen LogP contribution < -0.4 is 4.74 Å². The third kappa shape index (κ3) is 2.71. The fourth-order valence-corrected chi connectivity index (χ4v) is 1.83. The molecule has 1 aromatic heterocycles. The summed E-state index contributed by atoms with van der Waals surface area (Å²) in [5, 5.41) is 20.6. The van der Waals surface area contributed by atoms with E-state index in [1.165, 1.54) is 0 Å². The van der Waals surface area contributed by atoms with E-state index in [0.29, 0.717) is 0 Å². The van der Waals surface area contributed by atoms with E-state index < -0.39 is 28.1 Å². The van der Waals surface area contributed by atoms with Gasteiger partial charge in [0.15, 0.2) is 11.5 Å². The number of hydrogen-bond acceptors (Lipinski definition) is 7. The number of methoxy groups -OCH3 is 1. The summed E-state index contributed by atoms with van der Waals surface area (Å²) in [5.74, 6) is -2.23. The first-order valence-corrected chi connectivity index (χ1v) is 6.09. The average Bonchev–Trinajstić information content (AvgIpc) is 2.96. The van der Waals surface area contributed by atoms with E-state index in [1.807, 2.05) is 0 Å². The van der Waals surface area contributed by atoms with Gasteiger partial charge in [-0.15, -0.1) is 5.10 Å². The first-order chi connectivity index (χ1) is 10.5. The third-order valence-corrected chi connectivity index (χ3v) is 2.71. The van der Waals surface area contributed by atoms with Crippen LogP contribution in [-0.2, 0) is 4.74 Å². The summed E-state index contributed by atoms with van der Waals surface area (Å²) in [7, 11) is 1.12. The maximum Gasteiger partial charge on any atom is 0.361 e. The maximum absolute atomic E-state index is 13.9. The van der Waals surface area contributed by atoms with Gasteiger partial charge in [0.25, 0.3) is 0 Å². The Labute approximate surface area is 123 Å². The molecule has 0 fully saturated rings. The second-order valence-corrected chi connectivity index (χ2v) is 4.01. The molecule has 0 aliphatic heterocycles. The number of rotatable bonds is 5. The van der Waals surface area contributed by atoms with E-state index in [1.54, 1.807) is 6.92 Å². The van der Waals surface area contributed by atoms with Gasteiger partial charge in [-0.3, -0.25) is 10.1 Å². The van der Waals surface area contributed by atoms with Crippen molar-refractivity contribution in [3.05, 3.63) is 33.8 Å².